The summed E-state index contributed by atoms with van der Waals surface area (Å²) in [6.07, 6.45) is -0.708. The molecule has 2 aromatic rings. The zero-order chi connectivity index (χ0) is 10.9. The van der Waals surface area contributed by atoms with Crippen molar-refractivity contribution < 1.29 is 17.6 Å². The third-order valence-corrected chi connectivity index (χ3v) is 1.77. The van der Waals surface area contributed by atoms with Gasteiger partial charge in [-0.05, 0) is 12.1 Å². The van der Waals surface area contributed by atoms with Crippen molar-refractivity contribution in [3.05, 3.63) is 36.6 Å². The maximum Gasteiger partial charge on any atom is 0.433 e. The monoisotopic (exact) mass is 214 g/mol. The minimum Gasteiger partial charge on any atom is -0.443 e. The molecule has 0 aliphatic heterocycles. The predicted octanol–water partition coefficient (Wildman–Crippen LogP) is 2.76. The van der Waals surface area contributed by atoms with E-state index in [1.807, 2.05) is 0 Å². The molecule has 2 rings (SSSR count). The number of hydrogen-bond donors (Lipinski definition) is 0. The highest BCUT2D eigenvalue weighted by Crippen LogP contribution is 2.28. The molecule has 2 heterocycles. The van der Waals surface area contributed by atoms with E-state index in [0.717, 1.165) is 12.3 Å². The minimum absolute atomic E-state index is 0.385. The third kappa shape index (κ3) is 1.98. The third-order valence-electron chi connectivity index (χ3n) is 1.77. The molecule has 0 amide bonds. The van der Waals surface area contributed by atoms with Crippen LogP contribution in [0.15, 0.2) is 35.3 Å². The lowest BCUT2D eigenvalue weighted by Crippen LogP contribution is -2.07. The maximum absolute atomic E-state index is 12.2. The molecule has 0 aliphatic rings. The number of oxazole rings is 1. The molecule has 0 bridgehead atoms. The maximum atomic E-state index is 12.2. The van der Waals surface area contributed by atoms with E-state index in [0.29, 0.717) is 11.3 Å². The summed E-state index contributed by atoms with van der Waals surface area (Å²) in [5.74, 6) is 0.385. The molecule has 0 atom stereocenters. The van der Waals surface area contributed by atoms with Gasteiger partial charge in [0.15, 0.2) is 12.2 Å². The van der Waals surface area contributed by atoms with Crippen LogP contribution in [0.3, 0.4) is 0 Å². The summed E-state index contributed by atoms with van der Waals surface area (Å²) in [5, 5.41) is 0. The standard InChI is InChI=1S/C9H5F3N2O/c10-9(11,12)8-2-1-6(3-14-8)7-4-13-5-15-7/h1-5H. The van der Waals surface area contributed by atoms with E-state index in [2.05, 4.69) is 9.97 Å². The summed E-state index contributed by atoms with van der Waals surface area (Å²) in [5.41, 5.74) is -0.466. The van der Waals surface area contributed by atoms with E-state index >= 15 is 0 Å². The molecule has 78 valence electrons. The fourth-order valence-corrected chi connectivity index (χ4v) is 1.07. The van der Waals surface area contributed by atoms with Crippen molar-refractivity contribution >= 4 is 0 Å². The fraction of sp³-hybridized carbons (Fsp3) is 0.111. The van der Waals surface area contributed by atoms with Crippen molar-refractivity contribution in [2.45, 2.75) is 6.18 Å². The average molecular weight is 214 g/mol. The van der Waals surface area contributed by atoms with Crippen molar-refractivity contribution in [3.8, 4) is 11.3 Å². The molecule has 0 spiro atoms. The van der Waals surface area contributed by atoms with Crippen LogP contribution in [-0.4, -0.2) is 9.97 Å². The Kier molecular flexibility index (Phi) is 2.18. The van der Waals surface area contributed by atoms with E-state index in [1.165, 1.54) is 18.7 Å². The first kappa shape index (κ1) is 9.70. The van der Waals surface area contributed by atoms with Gasteiger partial charge in [-0.25, -0.2) is 4.98 Å². The molecule has 0 aliphatic carbocycles. The minimum atomic E-state index is -4.42. The molecule has 0 saturated carbocycles. The quantitative estimate of drug-likeness (QED) is 0.732. The second-order valence-electron chi connectivity index (χ2n) is 2.80. The normalized spacial score (nSPS) is 11.7. The highest BCUT2D eigenvalue weighted by molar-refractivity contribution is 5.54. The number of halogens is 3. The Labute approximate surface area is 82.6 Å². The van der Waals surface area contributed by atoms with Gasteiger partial charge in [0.2, 0.25) is 0 Å². The molecule has 2 aromatic heterocycles. The van der Waals surface area contributed by atoms with E-state index in [4.69, 9.17) is 4.42 Å². The summed E-state index contributed by atoms with van der Waals surface area (Å²) in [6, 6.07) is 2.19. The van der Waals surface area contributed by atoms with Crippen LogP contribution in [0.4, 0.5) is 13.2 Å². The lowest BCUT2D eigenvalue weighted by molar-refractivity contribution is -0.141. The lowest BCUT2D eigenvalue weighted by Gasteiger charge is -2.04. The molecule has 0 radical (unpaired) electrons. The van der Waals surface area contributed by atoms with Crippen LogP contribution in [0.25, 0.3) is 11.3 Å². The highest BCUT2D eigenvalue weighted by Gasteiger charge is 2.32. The van der Waals surface area contributed by atoms with E-state index in [-0.39, 0.29) is 0 Å². The Balaban J connectivity index is 2.33. The van der Waals surface area contributed by atoms with Crippen LogP contribution in [0.5, 0.6) is 0 Å². The molecular formula is C9H5F3N2O. The second kappa shape index (κ2) is 3.38. The van der Waals surface area contributed by atoms with Crippen LogP contribution in [0.1, 0.15) is 5.69 Å². The van der Waals surface area contributed by atoms with Gasteiger partial charge in [0.25, 0.3) is 0 Å². The molecule has 0 saturated heterocycles. The van der Waals surface area contributed by atoms with E-state index < -0.39 is 11.9 Å². The smallest absolute Gasteiger partial charge is 0.433 e. The van der Waals surface area contributed by atoms with Gasteiger partial charge < -0.3 is 4.42 Å². The van der Waals surface area contributed by atoms with Crippen LogP contribution in [0, 0.1) is 0 Å². The zero-order valence-electron chi connectivity index (χ0n) is 7.32. The van der Waals surface area contributed by atoms with Crippen molar-refractivity contribution in [3.63, 3.8) is 0 Å². The molecule has 15 heavy (non-hydrogen) atoms. The summed E-state index contributed by atoms with van der Waals surface area (Å²) < 4.78 is 41.4. The average Bonchev–Trinajstić information content (AvgIpc) is 2.69. The van der Waals surface area contributed by atoms with Crippen molar-refractivity contribution in [2.75, 3.05) is 0 Å². The summed E-state index contributed by atoms with van der Waals surface area (Å²) in [7, 11) is 0. The molecular weight excluding hydrogens is 209 g/mol. The second-order valence-corrected chi connectivity index (χ2v) is 2.80. The van der Waals surface area contributed by atoms with Gasteiger partial charge in [-0.3, -0.25) is 4.98 Å². The van der Waals surface area contributed by atoms with Gasteiger partial charge in [0.05, 0.1) is 6.20 Å². The van der Waals surface area contributed by atoms with Crippen LogP contribution in [0.2, 0.25) is 0 Å². The Morgan fingerprint density at radius 1 is 1.13 bits per heavy atom. The first-order chi connectivity index (χ1) is 7.07. The van der Waals surface area contributed by atoms with Gasteiger partial charge in [-0.2, -0.15) is 13.2 Å². The number of hydrogen-bond acceptors (Lipinski definition) is 3. The first-order valence-corrected chi connectivity index (χ1v) is 3.99. The largest absolute Gasteiger partial charge is 0.443 e. The lowest BCUT2D eigenvalue weighted by atomic mass is 10.2. The topological polar surface area (TPSA) is 38.9 Å². The zero-order valence-corrected chi connectivity index (χ0v) is 7.32. The molecule has 6 heteroatoms. The van der Waals surface area contributed by atoms with Gasteiger partial charge in [-0.1, -0.05) is 0 Å². The Morgan fingerprint density at radius 2 is 1.93 bits per heavy atom. The predicted molar refractivity (Wildman–Crippen MR) is 44.7 cm³/mol. The van der Waals surface area contributed by atoms with Crippen LogP contribution < -0.4 is 0 Å². The molecule has 0 N–H and O–H groups in total. The number of pyridine rings is 1. The summed E-state index contributed by atoms with van der Waals surface area (Å²) in [6.45, 7) is 0. The molecule has 0 aromatic carbocycles. The SMILES string of the molecule is FC(F)(F)c1ccc(-c2cnco2)cn1. The van der Waals surface area contributed by atoms with Gasteiger partial charge in [0, 0.05) is 11.8 Å². The number of nitrogens with zero attached hydrogens (tertiary/aromatic N) is 2. The molecule has 3 nitrogen and oxygen atoms in total. The van der Waals surface area contributed by atoms with Crippen molar-refractivity contribution in [1.29, 1.82) is 0 Å². The Hall–Kier alpha value is -1.85. The Morgan fingerprint density at radius 3 is 2.40 bits per heavy atom. The summed E-state index contributed by atoms with van der Waals surface area (Å²) >= 11 is 0. The van der Waals surface area contributed by atoms with Crippen molar-refractivity contribution in [1.82, 2.24) is 9.97 Å². The summed E-state index contributed by atoms with van der Waals surface area (Å²) in [4.78, 5) is 6.95. The highest BCUT2D eigenvalue weighted by atomic mass is 19.4. The fourth-order valence-electron chi connectivity index (χ4n) is 1.07. The number of aromatic nitrogens is 2. The van der Waals surface area contributed by atoms with Crippen molar-refractivity contribution in [2.24, 2.45) is 0 Å². The van der Waals surface area contributed by atoms with Gasteiger partial charge >= 0.3 is 6.18 Å². The number of alkyl halides is 3. The van der Waals surface area contributed by atoms with Crippen LogP contribution in [-0.2, 0) is 6.18 Å². The van der Waals surface area contributed by atoms with Gasteiger partial charge in [0.1, 0.15) is 5.69 Å². The van der Waals surface area contributed by atoms with Crippen LogP contribution >= 0.6 is 0 Å². The van der Waals surface area contributed by atoms with E-state index in [1.54, 1.807) is 0 Å². The van der Waals surface area contributed by atoms with Gasteiger partial charge in [-0.15, -0.1) is 0 Å². The Bertz CT molecular complexity index is 433. The number of rotatable bonds is 1. The first-order valence-electron chi connectivity index (χ1n) is 3.99. The molecule has 0 fully saturated rings. The van der Waals surface area contributed by atoms with E-state index in [9.17, 15) is 13.2 Å². The molecule has 0 unspecified atom stereocenters.